The summed E-state index contributed by atoms with van der Waals surface area (Å²) in [4.78, 5) is 14.5. The first-order chi connectivity index (χ1) is 11.7. The van der Waals surface area contributed by atoms with Crippen molar-refractivity contribution in [2.75, 3.05) is 26.0 Å². The Kier molecular flexibility index (Phi) is 5.41. The first-order valence-corrected chi connectivity index (χ1v) is 9.03. The number of benzene rings is 2. The molecule has 1 saturated heterocycles. The molecule has 2 aromatic carbocycles. The smallest absolute Gasteiger partial charge is 0.253 e. The van der Waals surface area contributed by atoms with Crippen LogP contribution in [0, 0.1) is 5.82 Å². The molecule has 0 saturated carbocycles. The molecule has 1 aliphatic heterocycles. The van der Waals surface area contributed by atoms with Crippen LogP contribution in [-0.4, -0.2) is 36.8 Å². The van der Waals surface area contributed by atoms with Crippen LogP contribution in [0.3, 0.4) is 0 Å². The number of amides is 1. The van der Waals surface area contributed by atoms with E-state index in [1.165, 1.54) is 6.07 Å². The minimum atomic E-state index is -0.162. The van der Waals surface area contributed by atoms with Gasteiger partial charge in [0.05, 0.1) is 7.11 Å². The number of thioether (sulfide) groups is 1. The Morgan fingerprint density at radius 2 is 1.92 bits per heavy atom. The lowest BCUT2D eigenvalue weighted by molar-refractivity contribution is 0.0766. The SMILES string of the molecule is COc1ccc(C(=O)N2CCSC(c3ccccc3F)CC2)cc1. The van der Waals surface area contributed by atoms with Crippen molar-refractivity contribution in [3.05, 3.63) is 65.5 Å². The third-order valence-electron chi connectivity index (χ3n) is 4.22. The van der Waals surface area contributed by atoms with E-state index in [0.29, 0.717) is 18.7 Å². The van der Waals surface area contributed by atoms with Crippen molar-refractivity contribution in [2.45, 2.75) is 11.7 Å². The van der Waals surface area contributed by atoms with E-state index in [-0.39, 0.29) is 17.0 Å². The van der Waals surface area contributed by atoms with Crippen LogP contribution >= 0.6 is 11.8 Å². The fraction of sp³-hybridized carbons (Fsp3) is 0.316. The average molecular weight is 345 g/mol. The number of methoxy groups -OCH3 is 1. The lowest BCUT2D eigenvalue weighted by atomic mass is 10.1. The molecule has 1 amide bonds. The van der Waals surface area contributed by atoms with Crippen molar-refractivity contribution in [2.24, 2.45) is 0 Å². The van der Waals surface area contributed by atoms with Gasteiger partial charge in [-0.25, -0.2) is 4.39 Å². The van der Waals surface area contributed by atoms with E-state index < -0.39 is 0 Å². The second kappa shape index (κ2) is 7.71. The molecule has 0 aliphatic carbocycles. The quantitative estimate of drug-likeness (QED) is 0.837. The largest absolute Gasteiger partial charge is 0.497 e. The van der Waals surface area contributed by atoms with Crippen molar-refractivity contribution in [1.29, 1.82) is 0 Å². The summed E-state index contributed by atoms with van der Waals surface area (Å²) in [6, 6.07) is 14.1. The lowest BCUT2D eigenvalue weighted by Gasteiger charge is -2.20. The molecule has 1 atom stereocenters. The summed E-state index contributed by atoms with van der Waals surface area (Å²) in [5.74, 6) is 1.40. The Balaban J connectivity index is 1.68. The van der Waals surface area contributed by atoms with Crippen LogP contribution in [0.25, 0.3) is 0 Å². The van der Waals surface area contributed by atoms with Crippen molar-refractivity contribution in [3.8, 4) is 5.75 Å². The summed E-state index contributed by atoms with van der Waals surface area (Å²) in [5.41, 5.74) is 1.39. The molecule has 0 N–H and O–H groups in total. The third-order valence-corrected chi connectivity index (χ3v) is 5.53. The normalized spacial score (nSPS) is 18.1. The van der Waals surface area contributed by atoms with E-state index in [1.54, 1.807) is 49.2 Å². The monoisotopic (exact) mass is 345 g/mol. The molecule has 0 spiro atoms. The van der Waals surface area contributed by atoms with Crippen LogP contribution in [0.5, 0.6) is 5.75 Å². The van der Waals surface area contributed by atoms with Gasteiger partial charge in [0, 0.05) is 35.2 Å². The van der Waals surface area contributed by atoms with Crippen LogP contribution in [0.15, 0.2) is 48.5 Å². The second-order valence-corrected chi connectivity index (χ2v) is 7.00. The fourth-order valence-electron chi connectivity index (χ4n) is 2.87. The summed E-state index contributed by atoms with van der Waals surface area (Å²) in [7, 11) is 1.60. The highest BCUT2D eigenvalue weighted by molar-refractivity contribution is 7.99. The van der Waals surface area contributed by atoms with Gasteiger partial charge in [-0.1, -0.05) is 18.2 Å². The second-order valence-electron chi connectivity index (χ2n) is 5.69. The average Bonchev–Trinajstić information content (AvgIpc) is 2.88. The van der Waals surface area contributed by atoms with Gasteiger partial charge >= 0.3 is 0 Å². The van der Waals surface area contributed by atoms with Crippen molar-refractivity contribution in [3.63, 3.8) is 0 Å². The predicted molar refractivity (Wildman–Crippen MR) is 95.1 cm³/mol. The first kappa shape index (κ1) is 16.8. The third kappa shape index (κ3) is 3.73. The number of carbonyl (C=O) groups is 1. The van der Waals surface area contributed by atoms with Crippen LogP contribution in [0.1, 0.15) is 27.6 Å². The number of rotatable bonds is 3. The number of hydrogen-bond donors (Lipinski definition) is 0. The van der Waals surface area contributed by atoms with Gasteiger partial charge in [-0.05, 0) is 36.8 Å². The molecule has 3 rings (SSSR count). The molecule has 1 aliphatic rings. The topological polar surface area (TPSA) is 29.5 Å². The van der Waals surface area contributed by atoms with Crippen molar-refractivity contribution in [1.82, 2.24) is 4.90 Å². The number of ether oxygens (including phenoxy) is 1. The molecule has 3 nitrogen and oxygen atoms in total. The highest BCUT2D eigenvalue weighted by Crippen LogP contribution is 2.35. The highest BCUT2D eigenvalue weighted by atomic mass is 32.2. The molecule has 1 unspecified atom stereocenters. The van der Waals surface area contributed by atoms with E-state index in [2.05, 4.69) is 0 Å². The minimum absolute atomic E-state index is 0.0208. The summed E-state index contributed by atoms with van der Waals surface area (Å²) in [5, 5.41) is 0.0971. The molecular weight excluding hydrogens is 325 g/mol. The number of hydrogen-bond acceptors (Lipinski definition) is 3. The Bertz CT molecular complexity index is 705. The summed E-state index contributed by atoms with van der Waals surface area (Å²) in [6.07, 6.45) is 0.757. The number of halogens is 1. The Morgan fingerprint density at radius 1 is 1.17 bits per heavy atom. The van der Waals surface area contributed by atoms with Gasteiger partial charge in [0.2, 0.25) is 0 Å². The predicted octanol–water partition coefficient (Wildman–Crippen LogP) is 4.15. The molecule has 1 fully saturated rings. The van der Waals surface area contributed by atoms with E-state index in [9.17, 15) is 9.18 Å². The van der Waals surface area contributed by atoms with Gasteiger partial charge in [-0.2, -0.15) is 11.8 Å². The Morgan fingerprint density at radius 3 is 2.62 bits per heavy atom. The van der Waals surface area contributed by atoms with Crippen molar-refractivity contribution < 1.29 is 13.9 Å². The van der Waals surface area contributed by atoms with Crippen LogP contribution in [-0.2, 0) is 0 Å². The molecule has 5 heteroatoms. The maximum atomic E-state index is 14.0. The van der Waals surface area contributed by atoms with Gasteiger partial charge in [0.1, 0.15) is 11.6 Å². The zero-order valence-corrected chi connectivity index (χ0v) is 14.4. The van der Waals surface area contributed by atoms with Crippen LogP contribution in [0.2, 0.25) is 0 Å². The summed E-state index contributed by atoms with van der Waals surface area (Å²) in [6.45, 7) is 1.32. The van der Waals surface area contributed by atoms with E-state index in [0.717, 1.165) is 23.5 Å². The molecule has 24 heavy (non-hydrogen) atoms. The lowest BCUT2D eigenvalue weighted by Crippen LogP contribution is -2.32. The van der Waals surface area contributed by atoms with Crippen LogP contribution < -0.4 is 4.74 Å². The van der Waals surface area contributed by atoms with Gasteiger partial charge in [0.15, 0.2) is 0 Å². The maximum absolute atomic E-state index is 14.0. The maximum Gasteiger partial charge on any atom is 0.253 e. The highest BCUT2D eigenvalue weighted by Gasteiger charge is 2.24. The number of nitrogens with zero attached hydrogens (tertiary/aromatic N) is 1. The van der Waals surface area contributed by atoms with E-state index in [4.69, 9.17) is 4.74 Å². The summed E-state index contributed by atoms with van der Waals surface area (Å²) < 4.78 is 19.1. The van der Waals surface area contributed by atoms with E-state index >= 15 is 0 Å². The van der Waals surface area contributed by atoms with Gasteiger partial charge in [-0.15, -0.1) is 0 Å². The molecule has 1 heterocycles. The number of carbonyl (C=O) groups excluding carboxylic acids is 1. The molecule has 0 aromatic heterocycles. The van der Waals surface area contributed by atoms with Gasteiger partial charge in [-0.3, -0.25) is 4.79 Å². The zero-order chi connectivity index (χ0) is 16.9. The molecule has 0 radical (unpaired) electrons. The summed E-state index contributed by atoms with van der Waals surface area (Å²) >= 11 is 1.72. The van der Waals surface area contributed by atoms with Crippen LogP contribution in [0.4, 0.5) is 4.39 Å². The molecule has 126 valence electrons. The zero-order valence-electron chi connectivity index (χ0n) is 13.6. The first-order valence-electron chi connectivity index (χ1n) is 7.98. The Hall–Kier alpha value is -2.01. The fourth-order valence-corrected chi connectivity index (χ4v) is 4.13. The molecule has 0 bridgehead atoms. The molecular formula is C19H20FNO2S. The van der Waals surface area contributed by atoms with Gasteiger partial charge < -0.3 is 9.64 Å². The standard InChI is InChI=1S/C19H20FNO2S/c1-23-15-8-6-14(7-9-15)19(22)21-11-10-18(24-13-12-21)16-4-2-3-5-17(16)20/h2-9,18H,10-13H2,1H3. The minimum Gasteiger partial charge on any atom is -0.497 e. The van der Waals surface area contributed by atoms with E-state index in [1.807, 2.05) is 17.0 Å². The Labute approximate surface area is 145 Å². The van der Waals surface area contributed by atoms with Crippen molar-refractivity contribution >= 4 is 17.7 Å². The van der Waals surface area contributed by atoms with Gasteiger partial charge in [0.25, 0.3) is 5.91 Å². The molecule has 2 aromatic rings.